The van der Waals surface area contributed by atoms with Crippen LogP contribution in [-0.2, 0) is 0 Å². The summed E-state index contributed by atoms with van der Waals surface area (Å²) in [5, 5.41) is 1.83. The molecular formula is C22H28NO3+. The lowest BCUT2D eigenvalue weighted by Gasteiger charge is -2.13. The lowest BCUT2D eigenvalue weighted by molar-refractivity contribution is -0.458. The van der Waals surface area contributed by atoms with Gasteiger partial charge in [0.15, 0.2) is 5.70 Å². The van der Waals surface area contributed by atoms with Gasteiger partial charge in [-0.15, -0.1) is 0 Å². The second-order valence-electron chi connectivity index (χ2n) is 6.58. The predicted octanol–water partition coefficient (Wildman–Crippen LogP) is 4.77. The second-order valence-corrected chi connectivity index (χ2v) is 6.58. The lowest BCUT2D eigenvalue weighted by atomic mass is 10.00. The second kappa shape index (κ2) is 8.17. The SMILES string of the molecule is C/C=[N+](/CC(=O)c1ccc2c(OC)c(C)cc(OC)c2c1)C(C)=C(C)C. The molecule has 0 radical (unpaired) electrons. The third-order valence-corrected chi connectivity index (χ3v) is 4.76. The van der Waals surface area contributed by atoms with Crippen molar-refractivity contribution in [3.8, 4) is 11.5 Å². The number of ether oxygens (including phenoxy) is 2. The van der Waals surface area contributed by atoms with Crippen molar-refractivity contribution in [1.82, 2.24) is 0 Å². The van der Waals surface area contributed by atoms with Gasteiger partial charge in [0, 0.05) is 30.2 Å². The lowest BCUT2D eigenvalue weighted by Crippen LogP contribution is -2.20. The number of Topliss-reactive ketones (excluding diaryl/α,β-unsaturated/α-hetero) is 1. The number of carbonyl (C=O) groups excluding carboxylic acids is 1. The highest BCUT2D eigenvalue weighted by Crippen LogP contribution is 2.36. The first-order chi connectivity index (χ1) is 12.3. The first-order valence-corrected chi connectivity index (χ1v) is 8.72. The van der Waals surface area contributed by atoms with Gasteiger partial charge in [-0.25, -0.2) is 0 Å². The summed E-state index contributed by atoms with van der Waals surface area (Å²) in [6, 6.07) is 7.63. The van der Waals surface area contributed by atoms with E-state index in [-0.39, 0.29) is 5.78 Å². The molecule has 2 aromatic carbocycles. The van der Waals surface area contributed by atoms with Crippen molar-refractivity contribution < 1.29 is 18.8 Å². The van der Waals surface area contributed by atoms with Crippen LogP contribution in [0.15, 0.2) is 35.5 Å². The Hall–Kier alpha value is -2.62. The van der Waals surface area contributed by atoms with Crippen molar-refractivity contribution in [3.63, 3.8) is 0 Å². The fourth-order valence-electron chi connectivity index (χ4n) is 3.05. The summed E-state index contributed by atoms with van der Waals surface area (Å²) >= 11 is 0. The van der Waals surface area contributed by atoms with Gasteiger partial charge in [-0.2, -0.15) is 4.58 Å². The molecule has 0 aromatic heterocycles. The van der Waals surface area contributed by atoms with Crippen LogP contribution in [-0.4, -0.2) is 37.3 Å². The molecule has 26 heavy (non-hydrogen) atoms. The Labute approximate surface area is 155 Å². The largest absolute Gasteiger partial charge is 0.496 e. The molecule has 0 bridgehead atoms. The van der Waals surface area contributed by atoms with Gasteiger partial charge in [-0.3, -0.25) is 4.79 Å². The fourth-order valence-corrected chi connectivity index (χ4v) is 3.05. The molecule has 0 unspecified atom stereocenters. The molecule has 0 fully saturated rings. The molecule has 0 aliphatic carbocycles. The normalized spacial score (nSPS) is 11.4. The summed E-state index contributed by atoms with van der Waals surface area (Å²) in [6.45, 7) is 10.4. The third-order valence-electron chi connectivity index (χ3n) is 4.76. The van der Waals surface area contributed by atoms with Gasteiger partial charge in [-0.1, -0.05) is 6.07 Å². The molecule has 0 saturated heterocycles. The van der Waals surface area contributed by atoms with Gasteiger partial charge >= 0.3 is 0 Å². The van der Waals surface area contributed by atoms with Gasteiger partial charge in [0.2, 0.25) is 12.3 Å². The van der Waals surface area contributed by atoms with E-state index in [0.29, 0.717) is 12.1 Å². The zero-order chi connectivity index (χ0) is 19.4. The fraction of sp³-hybridized carbons (Fsp3) is 0.364. The van der Waals surface area contributed by atoms with Crippen molar-refractivity contribution in [2.24, 2.45) is 0 Å². The number of fused-ring (bicyclic) bond motifs is 1. The quantitative estimate of drug-likeness (QED) is 0.426. The van der Waals surface area contributed by atoms with Gasteiger partial charge in [0.25, 0.3) is 0 Å². The summed E-state index contributed by atoms with van der Waals surface area (Å²) < 4.78 is 13.0. The maximum atomic E-state index is 12.8. The molecule has 0 heterocycles. The first kappa shape index (κ1) is 19.7. The molecule has 4 nitrogen and oxygen atoms in total. The van der Waals surface area contributed by atoms with Gasteiger partial charge in [0.05, 0.1) is 14.2 Å². The number of ketones is 1. The molecule has 0 aliphatic rings. The van der Waals surface area contributed by atoms with Crippen LogP contribution in [0.1, 0.15) is 43.6 Å². The van der Waals surface area contributed by atoms with Crippen LogP contribution in [0.3, 0.4) is 0 Å². The molecule has 0 atom stereocenters. The van der Waals surface area contributed by atoms with Crippen LogP contribution in [0.25, 0.3) is 10.8 Å². The van der Waals surface area contributed by atoms with Crippen LogP contribution in [0.4, 0.5) is 0 Å². The Balaban J connectivity index is 2.50. The number of benzene rings is 2. The molecule has 0 spiro atoms. The van der Waals surface area contributed by atoms with Crippen LogP contribution >= 0.6 is 0 Å². The summed E-state index contributed by atoms with van der Waals surface area (Å²) in [5.74, 6) is 1.61. The Bertz CT molecular complexity index is 903. The van der Waals surface area contributed by atoms with Gasteiger partial charge in [0.1, 0.15) is 17.7 Å². The van der Waals surface area contributed by atoms with Crippen LogP contribution in [0.2, 0.25) is 0 Å². The van der Waals surface area contributed by atoms with Gasteiger partial charge < -0.3 is 9.47 Å². The Morgan fingerprint density at radius 2 is 1.77 bits per heavy atom. The Kier molecular flexibility index (Phi) is 6.19. The zero-order valence-corrected chi connectivity index (χ0v) is 16.8. The molecular weight excluding hydrogens is 326 g/mol. The zero-order valence-electron chi connectivity index (χ0n) is 16.8. The highest BCUT2D eigenvalue weighted by molar-refractivity contribution is 6.03. The number of nitrogens with zero attached hydrogens (tertiary/aromatic N) is 1. The monoisotopic (exact) mass is 354 g/mol. The van der Waals surface area contributed by atoms with E-state index in [2.05, 4.69) is 0 Å². The number of hydrogen-bond acceptors (Lipinski definition) is 3. The maximum Gasteiger partial charge on any atom is 0.227 e. The maximum absolute atomic E-state index is 12.8. The average molecular weight is 354 g/mol. The molecule has 4 heteroatoms. The van der Waals surface area contributed by atoms with Crippen molar-refractivity contribution in [1.29, 1.82) is 0 Å². The topological polar surface area (TPSA) is 38.5 Å². The highest BCUT2D eigenvalue weighted by atomic mass is 16.5. The molecule has 0 N–H and O–H groups in total. The minimum absolute atomic E-state index is 0.0622. The number of methoxy groups -OCH3 is 2. The average Bonchev–Trinajstić information content (AvgIpc) is 2.64. The van der Waals surface area contributed by atoms with Crippen molar-refractivity contribution in [2.45, 2.75) is 34.6 Å². The minimum atomic E-state index is 0.0622. The summed E-state index contributed by atoms with van der Waals surface area (Å²) in [7, 11) is 3.30. The number of aryl methyl sites for hydroxylation is 1. The molecule has 2 aromatic rings. The number of allylic oxidation sites excluding steroid dienone is 2. The minimum Gasteiger partial charge on any atom is -0.496 e. The predicted molar refractivity (Wildman–Crippen MR) is 107 cm³/mol. The van der Waals surface area contributed by atoms with Crippen LogP contribution in [0, 0.1) is 6.92 Å². The molecule has 2 rings (SSSR count). The van der Waals surface area contributed by atoms with E-state index in [0.717, 1.165) is 33.5 Å². The highest BCUT2D eigenvalue weighted by Gasteiger charge is 2.19. The number of carbonyl (C=O) groups is 1. The van der Waals surface area contributed by atoms with E-state index in [1.807, 2.05) is 69.7 Å². The third kappa shape index (κ3) is 3.79. The van der Waals surface area contributed by atoms with E-state index in [1.54, 1.807) is 14.2 Å². The van der Waals surface area contributed by atoms with Crippen LogP contribution in [0.5, 0.6) is 11.5 Å². The van der Waals surface area contributed by atoms with Gasteiger partial charge in [-0.05, 0) is 50.1 Å². The number of hydrogen-bond donors (Lipinski definition) is 0. The van der Waals surface area contributed by atoms with Crippen molar-refractivity contribution in [2.75, 3.05) is 20.8 Å². The van der Waals surface area contributed by atoms with Crippen molar-refractivity contribution >= 4 is 22.8 Å². The van der Waals surface area contributed by atoms with E-state index in [1.165, 1.54) is 5.57 Å². The molecule has 138 valence electrons. The molecule has 0 aliphatic heterocycles. The molecule has 0 saturated carbocycles. The summed E-state index contributed by atoms with van der Waals surface area (Å²) in [4.78, 5) is 12.8. The van der Waals surface area contributed by atoms with Crippen LogP contribution < -0.4 is 9.47 Å². The summed E-state index contributed by atoms with van der Waals surface area (Å²) in [5.41, 5.74) is 3.95. The van der Waals surface area contributed by atoms with E-state index >= 15 is 0 Å². The number of rotatable bonds is 6. The van der Waals surface area contributed by atoms with E-state index in [9.17, 15) is 4.79 Å². The summed E-state index contributed by atoms with van der Waals surface area (Å²) in [6.07, 6.45) is 1.94. The van der Waals surface area contributed by atoms with E-state index in [4.69, 9.17) is 9.47 Å². The first-order valence-electron chi connectivity index (χ1n) is 8.72. The molecule has 0 amide bonds. The Morgan fingerprint density at radius 1 is 1.08 bits per heavy atom. The Morgan fingerprint density at radius 3 is 2.31 bits per heavy atom. The van der Waals surface area contributed by atoms with Crippen molar-refractivity contribution in [3.05, 3.63) is 46.7 Å². The standard InChI is InChI=1S/C22H28NO3/c1-8-23(16(5)14(2)3)13-20(24)17-9-10-18-19(12-17)21(25-6)11-15(4)22(18)26-7/h8-12H,13H2,1-7H3/q+1/b23-8-. The smallest absolute Gasteiger partial charge is 0.227 e. The van der Waals surface area contributed by atoms with E-state index < -0.39 is 0 Å².